The van der Waals surface area contributed by atoms with Gasteiger partial charge in [0.15, 0.2) is 0 Å². The molecule has 0 aliphatic heterocycles. The molecule has 0 fully saturated rings. The van der Waals surface area contributed by atoms with E-state index < -0.39 is 0 Å². The lowest BCUT2D eigenvalue weighted by atomic mass is 10.2. The third-order valence-electron chi connectivity index (χ3n) is 4.26. The van der Waals surface area contributed by atoms with Gasteiger partial charge in [-0.3, -0.25) is 4.79 Å². The molecule has 0 aliphatic carbocycles. The van der Waals surface area contributed by atoms with E-state index in [1.54, 1.807) is 4.52 Å². The Balaban J connectivity index is 1.66. The quantitative estimate of drug-likeness (QED) is 0.492. The van der Waals surface area contributed by atoms with Gasteiger partial charge in [-0.15, -0.1) is 5.10 Å². The average Bonchev–Trinajstić information content (AvgIpc) is 3.10. The maximum Gasteiger partial charge on any atom is 0.255 e. The number of carbonyl (C=O) groups excluding carboxylic acids is 1. The largest absolute Gasteiger partial charge is 0.321 e. The van der Waals surface area contributed by atoms with Crippen molar-refractivity contribution < 1.29 is 9.18 Å². The van der Waals surface area contributed by atoms with Gasteiger partial charge in [-0.2, -0.15) is 9.50 Å². The fourth-order valence-electron chi connectivity index (χ4n) is 2.81. The van der Waals surface area contributed by atoms with Crippen molar-refractivity contribution in [1.29, 1.82) is 0 Å². The highest BCUT2D eigenvalue weighted by Gasteiger charge is 2.14. The molecule has 2 heterocycles. The zero-order chi connectivity index (χ0) is 20.4. The maximum atomic E-state index is 13.1. The van der Waals surface area contributed by atoms with E-state index in [0.717, 1.165) is 22.0 Å². The van der Waals surface area contributed by atoms with Crippen LogP contribution in [0.25, 0.3) is 5.78 Å². The minimum absolute atomic E-state index is 0.302. The summed E-state index contributed by atoms with van der Waals surface area (Å²) in [4.78, 5) is 22.3. The lowest BCUT2D eigenvalue weighted by Gasteiger charge is -2.12. The summed E-state index contributed by atoms with van der Waals surface area (Å²) >= 11 is 1.47. The first-order valence-corrected chi connectivity index (χ1v) is 9.92. The van der Waals surface area contributed by atoms with Gasteiger partial charge in [-0.1, -0.05) is 30.8 Å². The zero-order valence-electron chi connectivity index (χ0n) is 15.9. The molecule has 0 saturated heterocycles. The second-order valence-corrected chi connectivity index (χ2v) is 7.43. The van der Waals surface area contributed by atoms with Crippen LogP contribution < -0.4 is 5.32 Å². The molecule has 4 aromatic rings. The fourth-order valence-corrected chi connectivity index (χ4v) is 3.81. The van der Waals surface area contributed by atoms with Crippen molar-refractivity contribution in [2.75, 3.05) is 5.32 Å². The molecule has 0 atom stereocenters. The predicted molar refractivity (Wildman–Crippen MR) is 110 cm³/mol. The van der Waals surface area contributed by atoms with Gasteiger partial charge in [0.2, 0.25) is 0 Å². The Bertz CT molecular complexity index is 1190. The topological polar surface area (TPSA) is 72.2 Å². The van der Waals surface area contributed by atoms with Crippen molar-refractivity contribution in [2.45, 2.75) is 30.2 Å². The average molecular weight is 407 g/mol. The molecule has 0 unspecified atom stereocenters. The van der Waals surface area contributed by atoms with E-state index in [0.29, 0.717) is 22.9 Å². The first-order valence-electron chi connectivity index (χ1n) is 9.10. The summed E-state index contributed by atoms with van der Waals surface area (Å²) in [6.07, 6.45) is 0.777. The molecule has 6 nitrogen and oxygen atoms in total. The molecule has 29 heavy (non-hydrogen) atoms. The molecule has 0 spiro atoms. The summed E-state index contributed by atoms with van der Waals surface area (Å²) in [5.41, 5.74) is 1.96. The van der Waals surface area contributed by atoms with Crippen LogP contribution in [0.3, 0.4) is 0 Å². The van der Waals surface area contributed by atoms with Crippen molar-refractivity contribution in [3.05, 3.63) is 77.5 Å². The molecular formula is C21H18FN5OS. The number of para-hydroxylation sites is 1. The van der Waals surface area contributed by atoms with Crippen LogP contribution in [-0.2, 0) is 6.42 Å². The molecule has 1 N–H and O–H groups in total. The van der Waals surface area contributed by atoms with E-state index in [9.17, 15) is 9.18 Å². The highest BCUT2D eigenvalue weighted by Crippen LogP contribution is 2.34. The standard InChI is InChI=1S/C21H18FN5OS/c1-3-16-12-19(27-21(24-16)23-13(2)26-27)29-18-7-5-4-6-17(18)25-20(28)14-8-10-15(22)11-9-14/h4-12H,3H2,1-2H3,(H,25,28). The van der Waals surface area contributed by atoms with E-state index >= 15 is 0 Å². The van der Waals surface area contributed by atoms with Crippen LogP contribution in [0.1, 0.15) is 28.8 Å². The second-order valence-electron chi connectivity index (χ2n) is 6.37. The van der Waals surface area contributed by atoms with E-state index in [-0.39, 0.29) is 11.7 Å². The van der Waals surface area contributed by atoms with E-state index in [1.807, 2.05) is 44.2 Å². The monoisotopic (exact) mass is 407 g/mol. The molecule has 0 bridgehead atoms. The van der Waals surface area contributed by atoms with Crippen LogP contribution in [0, 0.1) is 12.7 Å². The third kappa shape index (κ3) is 4.12. The molecule has 0 saturated carbocycles. The minimum Gasteiger partial charge on any atom is -0.321 e. The number of rotatable bonds is 5. The van der Waals surface area contributed by atoms with Gasteiger partial charge < -0.3 is 5.32 Å². The van der Waals surface area contributed by atoms with E-state index in [2.05, 4.69) is 20.4 Å². The summed E-state index contributed by atoms with van der Waals surface area (Å²) in [5.74, 6) is 0.514. The van der Waals surface area contributed by atoms with Gasteiger partial charge in [-0.05, 0) is 55.8 Å². The van der Waals surface area contributed by atoms with Crippen LogP contribution in [0.2, 0.25) is 0 Å². The second kappa shape index (κ2) is 8.00. The Morgan fingerprint density at radius 3 is 2.66 bits per heavy atom. The maximum absolute atomic E-state index is 13.1. The number of amides is 1. The lowest BCUT2D eigenvalue weighted by molar-refractivity contribution is 0.102. The Morgan fingerprint density at radius 2 is 1.90 bits per heavy atom. The zero-order valence-corrected chi connectivity index (χ0v) is 16.7. The minimum atomic E-state index is -0.380. The number of hydrogen-bond donors (Lipinski definition) is 1. The van der Waals surface area contributed by atoms with Crippen molar-refractivity contribution >= 4 is 29.1 Å². The first kappa shape index (κ1) is 19.1. The molecule has 0 radical (unpaired) electrons. The van der Waals surface area contributed by atoms with Crippen molar-refractivity contribution in [3.8, 4) is 0 Å². The summed E-state index contributed by atoms with van der Waals surface area (Å²) in [7, 11) is 0. The molecule has 4 rings (SSSR count). The number of aromatic nitrogens is 4. The molecule has 8 heteroatoms. The highest BCUT2D eigenvalue weighted by molar-refractivity contribution is 7.99. The van der Waals surface area contributed by atoms with Gasteiger partial charge in [0.05, 0.1) is 5.69 Å². The van der Waals surface area contributed by atoms with Gasteiger partial charge >= 0.3 is 0 Å². The smallest absolute Gasteiger partial charge is 0.255 e. The summed E-state index contributed by atoms with van der Waals surface area (Å²) in [5, 5.41) is 8.19. The number of carbonyl (C=O) groups is 1. The van der Waals surface area contributed by atoms with Crippen molar-refractivity contribution in [1.82, 2.24) is 19.6 Å². The number of nitrogens with zero attached hydrogens (tertiary/aromatic N) is 4. The first-order chi connectivity index (χ1) is 14.0. The van der Waals surface area contributed by atoms with Gasteiger partial charge in [0, 0.05) is 16.2 Å². The third-order valence-corrected chi connectivity index (χ3v) is 5.33. The van der Waals surface area contributed by atoms with Gasteiger partial charge in [0.1, 0.15) is 16.7 Å². The van der Waals surface area contributed by atoms with E-state index in [4.69, 9.17) is 0 Å². The van der Waals surface area contributed by atoms with Crippen molar-refractivity contribution in [3.63, 3.8) is 0 Å². The number of fused-ring (bicyclic) bond motifs is 1. The summed E-state index contributed by atoms with van der Waals surface area (Å²) in [6.45, 7) is 3.86. The molecule has 0 aliphatic rings. The van der Waals surface area contributed by atoms with Crippen LogP contribution in [-0.4, -0.2) is 25.5 Å². The Kier molecular flexibility index (Phi) is 5.26. The normalized spacial score (nSPS) is 11.0. The number of benzene rings is 2. The fraction of sp³-hybridized carbons (Fsp3) is 0.143. The van der Waals surface area contributed by atoms with Crippen LogP contribution in [0.4, 0.5) is 10.1 Å². The van der Waals surface area contributed by atoms with Gasteiger partial charge in [-0.25, -0.2) is 9.37 Å². The highest BCUT2D eigenvalue weighted by atomic mass is 32.2. The van der Waals surface area contributed by atoms with Crippen LogP contribution in [0.5, 0.6) is 0 Å². The summed E-state index contributed by atoms with van der Waals surface area (Å²) < 4.78 is 14.8. The Hall–Kier alpha value is -3.26. The van der Waals surface area contributed by atoms with Crippen LogP contribution in [0.15, 0.2) is 64.5 Å². The molecular weight excluding hydrogens is 389 g/mol. The predicted octanol–water partition coefficient (Wildman–Crippen LogP) is 4.54. The Morgan fingerprint density at radius 1 is 1.14 bits per heavy atom. The number of halogens is 1. The van der Waals surface area contributed by atoms with Crippen molar-refractivity contribution in [2.24, 2.45) is 0 Å². The summed E-state index contributed by atoms with van der Waals surface area (Å²) in [6, 6.07) is 14.9. The molecule has 2 aromatic heterocycles. The lowest BCUT2D eigenvalue weighted by Crippen LogP contribution is -2.12. The molecule has 1 amide bonds. The van der Waals surface area contributed by atoms with E-state index in [1.165, 1.54) is 36.0 Å². The number of hydrogen-bond acceptors (Lipinski definition) is 5. The van der Waals surface area contributed by atoms with Gasteiger partial charge in [0.25, 0.3) is 11.7 Å². The number of aryl methyl sites for hydroxylation is 2. The molecule has 146 valence electrons. The SMILES string of the molecule is CCc1cc(Sc2ccccc2NC(=O)c2ccc(F)cc2)n2nc(C)nc2n1. The number of anilines is 1. The van der Waals surface area contributed by atoms with Crippen LogP contribution >= 0.6 is 11.8 Å². The number of nitrogens with one attached hydrogen (secondary N) is 1. The molecule has 2 aromatic carbocycles. The Labute approximate surface area is 171 Å².